The molecule has 12 nitrogen and oxygen atoms in total. The van der Waals surface area contributed by atoms with Crippen LogP contribution in [0, 0.1) is 11.6 Å². The maximum absolute atomic E-state index is 13.9. The number of likely N-dealkylation sites (N-methyl/N-ethyl adjacent to an activating group) is 2. The summed E-state index contributed by atoms with van der Waals surface area (Å²) in [5.74, 6) is -2.95. The molecular formula is C31H36F2N8O4S. The Morgan fingerprint density at radius 1 is 1.00 bits per heavy atom. The van der Waals surface area contributed by atoms with Crippen molar-refractivity contribution >= 4 is 39.0 Å². The number of carbonyl (C=O) groups excluding carboxylic acids is 2. The number of hydrogen-bond donors (Lipinski definition) is 4. The summed E-state index contributed by atoms with van der Waals surface area (Å²) in [5, 5.41) is 12.8. The highest BCUT2D eigenvalue weighted by Crippen LogP contribution is 2.38. The first kappa shape index (κ1) is 32.8. The molecule has 5 rings (SSSR count). The molecule has 0 spiro atoms. The van der Waals surface area contributed by atoms with E-state index in [0.29, 0.717) is 29.4 Å². The summed E-state index contributed by atoms with van der Waals surface area (Å²) in [7, 11) is 1.52. The average molecular weight is 655 g/mol. The van der Waals surface area contributed by atoms with Crippen LogP contribution in [0.25, 0.3) is 0 Å². The minimum atomic E-state index is -4.32. The van der Waals surface area contributed by atoms with Crippen molar-refractivity contribution < 1.29 is 26.8 Å². The third-order valence-corrected chi connectivity index (χ3v) is 9.60. The standard InChI is InChI=1S/C31H36F2N8O4S/c1-31(2)18-41(46(44,45)23-13-20(32)12-21(33)14-23)17-25-27(31)37-38-28(25)36-30(43)24-7-6-22(40(5)11-10-39(3)4)15-26(24)35-29(42)19-8-9-34-16-19/h6-9,12-16,34H,10-11,17-18H2,1-5H3,(H,35,42)(H2,36,37,38,43). The molecule has 0 saturated carbocycles. The van der Waals surface area contributed by atoms with E-state index in [2.05, 4.69) is 25.8 Å². The minimum Gasteiger partial charge on any atom is -0.373 e. The van der Waals surface area contributed by atoms with Crippen molar-refractivity contribution in [1.82, 2.24) is 24.4 Å². The van der Waals surface area contributed by atoms with Crippen molar-refractivity contribution in [3.8, 4) is 0 Å². The second-order valence-corrected chi connectivity index (χ2v) is 14.1. The molecule has 244 valence electrons. The number of hydrogen-bond acceptors (Lipinski definition) is 7. The van der Waals surface area contributed by atoms with E-state index in [9.17, 15) is 26.8 Å². The number of sulfonamides is 1. The van der Waals surface area contributed by atoms with Gasteiger partial charge < -0.3 is 25.4 Å². The Balaban J connectivity index is 1.45. The van der Waals surface area contributed by atoms with E-state index in [1.165, 1.54) is 6.20 Å². The van der Waals surface area contributed by atoms with Gasteiger partial charge in [0.25, 0.3) is 11.8 Å². The normalized spacial score (nSPS) is 14.6. The lowest BCUT2D eigenvalue weighted by Crippen LogP contribution is -2.45. The quantitative estimate of drug-likeness (QED) is 0.202. The molecule has 0 saturated heterocycles. The lowest BCUT2D eigenvalue weighted by Gasteiger charge is -2.36. The van der Waals surface area contributed by atoms with Crippen LogP contribution in [0.15, 0.2) is 59.8 Å². The van der Waals surface area contributed by atoms with Crippen molar-refractivity contribution in [3.63, 3.8) is 0 Å². The Bertz CT molecular complexity index is 1850. The van der Waals surface area contributed by atoms with Crippen LogP contribution in [0.1, 0.15) is 45.8 Å². The van der Waals surface area contributed by atoms with E-state index < -0.39 is 43.8 Å². The van der Waals surface area contributed by atoms with Crippen LogP contribution in [0.5, 0.6) is 0 Å². The molecule has 0 radical (unpaired) electrons. The van der Waals surface area contributed by atoms with E-state index in [-0.39, 0.29) is 30.2 Å². The molecule has 0 fully saturated rings. The number of carbonyl (C=O) groups is 2. The van der Waals surface area contributed by atoms with Crippen molar-refractivity contribution in [3.05, 3.63) is 88.9 Å². The van der Waals surface area contributed by atoms with Gasteiger partial charge in [0.1, 0.15) is 11.6 Å². The molecule has 4 N–H and O–H groups in total. The number of amides is 2. The Labute approximate surface area is 265 Å². The van der Waals surface area contributed by atoms with Gasteiger partial charge in [0, 0.05) is 74.0 Å². The molecule has 1 aliphatic heterocycles. The zero-order valence-electron chi connectivity index (χ0n) is 26.1. The fourth-order valence-corrected chi connectivity index (χ4v) is 6.93. The molecule has 2 aromatic heterocycles. The predicted molar refractivity (Wildman–Crippen MR) is 171 cm³/mol. The first-order valence-corrected chi connectivity index (χ1v) is 15.9. The number of anilines is 3. The first-order valence-electron chi connectivity index (χ1n) is 14.4. The maximum Gasteiger partial charge on any atom is 0.258 e. The summed E-state index contributed by atoms with van der Waals surface area (Å²) in [6.07, 6.45) is 3.16. The molecule has 0 bridgehead atoms. The lowest BCUT2D eigenvalue weighted by molar-refractivity contribution is 0.102. The van der Waals surface area contributed by atoms with E-state index in [0.717, 1.165) is 28.7 Å². The number of fused-ring (bicyclic) bond motifs is 1. The molecule has 3 heterocycles. The van der Waals surface area contributed by atoms with Crippen LogP contribution in [0.3, 0.4) is 0 Å². The molecule has 0 atom stereocenters. The third-order valence-electron chi connectivity index (χ3n) is 7.84. The topological polar surface area (TPSA) is 147 Å². The lowest BCUT2D eigenvalue weighted by atomic mass is 9.84. The number of halogens is 2. The molecule has 15 heteroatoms. The van der Waals surface area contributed by atoms with Crippen molar-refractivity contribution in [1.29, 1.82) is 0 Å². The highest BCUT2D eigenvalue weighted by atomic mass is 32.2. The largest absolute Gasteiger partial charge is 0.373 e. The van der Waals surface area contributed by atoms with Gasteiger partial charge in [0.15, 0.2) is 5.82 Å². The fraction of sp³-hybridized carbons (Fsp3) is 0.323. The first-order chi connectivity index (χ1) is 21.7. The maximum atomic E-state index is 13.9. The Hall–Kier alpha value is -4.60. The summed E-state index contributed by atoms with van der Waals surface area (Å²) in [6.45, 7) is 4.85. The van der Waals surface area contributed by atoms with Crippen LogP contribution in [0.2, 0.25) is 0 Å². The van der Waals surface area contributed by atoms with Crippen LogP contribution in [-0.4, -0.2) is 85.4 Å². The molecule has 1 aliphatic rings. The monoisotopic (exact) mass is 654 g/mol. The SMILES string of the molecule is CN(C)CCN(C)c1ccc(C(=O)Nc2n[nH]c3c2CN(S(=O)(=O)c2cc(F)cc(F)c2)CC3(C)C)c(NC(=O)c2cc[nH]c2)c1. The van der Waals surface area contributed by atoms with E-state index in [1.54, 1.807) is 44.3 Å². The van der Waals surface area contributed by atoms with Crippen LogP contribution >= 0.6 is 0 Å². The van der Waals surface area contributed by atoms with E-state index in [4.69, 9.17) is 0 Å². The van der Waals surface area contributed by atoms with Crippen LogP contribution < -0.4 is 15.5 Å². The summed E-state index contributed by atoms with van der Waals surface area (Å²) in [5.41, 5.74) is 1.79. The Morgan fingerprint density at radius 3 is 2.37 bits per heavy atom. The Morgan fingerprint density at radius 2 is 1.72 bits per heavy atom. The zero-order valence-corrected chi connectivity index (χ0v) is 26.9. The zero-order chi connectivity index (χ0) is 33.4. The number of aromatic amines is 2. The molecule has 0 unspecified atom stereocenters. The summed E-state index contributed by atoms with van der Waals surface area (Å²) < 4.78 is 56.0. The van der Waals surface area contributed by atoms with E-state index >= 15 is 0 Å². The van der Waals surface area contributed by atoms with Gasteiger partial charge in [-0.15, -0.1) is 0 Å². The molecular weight excluding hydrogens is 618 g/mol. The molecule has 0 aliphatic carbocycles. The van der Waals surface area contributed by atoms with Crippen LogP contribution in [-0.2, 0) is 22.0 Å². The van der Waals surface area contributed by atoms with Gasteiger partial charge in [-0.1, -0.05) is 13.8 Å². The second kappa shape index (κ2) is 12.7. The Kier molecular flexibility index (Phi) is 9.02. The smallest absolute Gasteiger partial charge is 0.258 e. The second-order valence-electron chi connectivity index (χ2n) is 12.2. The van der Waals surface area contributed by atoms with Gasteiger partial charge in [-0.05, 0) is 50.5 Å². The number of aromatic nitrogens is 3. The van der Waals surface area contributed by atoms with Gasteiger partial charge >= 0.3 is 0 Å². The third kappa shape index (κ3) is 6.80. The number of nitrogens with one attached hydrogen (secondary N) is 4. The van der Waals surface area contributed by atoms with Gasteiger partial charge in [-0.25, -0.2) is 17.2 Å². The highest BCUT2D eigenvalue weighted by molar-refractivity contribution is 7.89. The van der Waals surface area contributed by atoms with Crippen molar-refractivity contribution in [2.75, 3.05) is 56.3 Å². The number of H-pyrrole nitrogens is 2. The van der Waals surface area contributed by atoms with Gasteiger partial charge in [-0.3, -0.25) is 14.7 Å². The fourth-order valence-electron chi connectivity index (χ4n) is 5.32. The molecule has 46 heavy (non-hydrogen) atoms. The highest BCUT2D eigenvalue weighted by Gasteiger charge is 2.41. The van der Waals surface area contributed by atoms with Crippen molar-refractivity contribution in [2.45, 2.75) is 30.7 Å². The van der Waals surface area contributed by atoms with Gasteiger partial charge in [0.05, 0.1) is 21.7 Å². The van der Waals surface area contributed by atoms with Gasteiger partial charge in [-0.2, -0.15) is 9.40 Å². The van der Waals surface area contributed by atoms with E-state index in [1.807, 2.05) is 30.9 Å². The number of benzene rings is 2. The van der Waals surface area contributed by atoms with Crippen LogP contribution in [0.4, 0.5) is 26.0 Å². The van der Waals surface area contributed by atoms with Crippen molar-refractivity contribution in [2.24, 2.45) is 0 Å². The average Bonchev–Trinajstić information content (AvgIpc) is 3.66. The summed E-state index contributed by atoms with van der Waals surface area (Å²) in [6, 6.07) is 8.83. The minimum absolute atomic E-state index is 0.00577. The van der Waals surface area contributed by atoms with Gasteiger partial charge in [0.2, 0.25) is 10.0 Å². The summed E-state index contributed by atoms with van der Waals surface area (Å²) in [4.78, 5) is 33.1. The molecule has 2 amide bonds. The predicted octanol–water partition coefficient (Wildman–Crippen LogP) is 4.00. The molecule has 4 aromatic rings. The molecule has 2 aromatic carbocycles. The summed E-state index contributed by atoms with van der Waals surface area (Å²) >= 11 is 0. The number of nitrogens with zero attached hydrogens (tertiary/aromatic N) is 4. The number of rotatable bonds is 10.